The largest absolute Gasteiger partial charge is 0.349 e. The molecule has 0 radical (unpaired) electrons. The minimum absolute atomic E-state index is 0.117. The number of hydrogen-bond acceptors (Lipinski definition) is 4. The summed E-state index contributed by atoms with van der Waals surface area (Å²) in [6.45, 7) is 0.211. The Bertz CT molecular complexity index is 1310. The van der Waals surface area contributed by atoms with Gasteiger partial charge in [0.25, 0.3) is 0 Å². The van der Waals surface area contributed by atoms with Gasteiger partial charge in [0.1, 0.15) is 6.04 Å². The number of pyridine rings is 1. The summed E-state index contributed by atoms with van der Waals surface area (Å²) in [5.41, 5.74) is 1.54. The molecule has 2 N–H and O–H groups in total. The molecule has 0 fully saturated rings. The molecule has 1 heterocycles. The SMILES string of the molecule is O=C(NCc1ccccn1)[C@@H](Cc1ccccc1)NS(=O)(=O)c1ccc2ccccc2c1. The molecule has 0 aliphatic rings. The molecule has 4 rings (SSSR count). The predicted octanol–water partition coefficient (Wildman–Crippen LogP) is 3.44. The fraction of sp³-hybridized carbons (Fsp3) is 0.120. The molecule has 1 aromatic heterocycles. The first-order chi connectivity index (χ1) is 15.5. The van der Waals surface area contributed by atoms with E-state index >= 15 is 0 Å². The molecule has 1 amide bonds. The number of rotatable bonds is 8. The van der Waals surface area contributed by atoms with Crippen LogP contribution in [-0.2, 0) is 27.8 Å². The number of aromatic nitrogens is 1. The Balaban J connectivity index is 1.57. The van der Waals surface area contributed by atoms with Crippen molar-refractivity contribution in [3.63, 3.8) is 0 Å². The van der Waals surface area contributed by atoms with Crippen molar-refractivity contribution in [1.29, 1.82) is 0 Å². The van der Waals surface area contributed by atoms with Gasteiger partial charge in [-0.2, -0.15) is 4.72 Å². The van der Waals surface area contributed by atoms with Crippen LogP contribution in [0.4, 0.5) is 0 Å². The summed E-state index contributed by atoms with van der Waals surface area (Å²) in [6.07, 6.45) is 1.87. The number of amides is 1. The Morgan fingerprint density at radius 1 is 0.844 bits per heavy atom. The highest BCUT2D eigenvalue weighted by Gasteiger charge is 2.26. The van der Waals surface area contributed by atoms with Crippen molar-refractivity contribution in [2.75, 3.05) is 0 Å². The van der Waals surface area contributed by atoms with E-state index in [0.717, 1.165) is 16.3 Å². The van der Waals surface area contributed by atoms with Crippen LogP contribution in [0.1, 0.15) is 11.3 Å². The quantitative estimate of drug-likeness (QED) is 0.435. The average molecular weight is 446 g/mol. The minimum Gasteiger partial charge on any atom is -0.349 e. The summed E-state index contributed by atoms with van der Waals surface area (Å²) in [7, 11) is -3.93. The molecule has 162 valence electrons. The molecular weight excluding hydrogens is 422 g/mol. The van der Waals surface area contributed by atoms with Gasteiger partial charge in [0.15, 0.2) is 0 Å². The molecule has 3 aromatic carbocycles. The summed E-state index contributed by atoms with van der Waals surface area (Å²) >= 11 is 0. The third kappa shape index (κ3) is 5.38. The van der Waals surface area contributed by atoms with Crippen molar-refractivity contribution in [3.8, 4) is 0 Å². The smallest absolute Gasteiger partial charge is 0.241 e. The third-order valence-corrected chi connectivity index (χ3v) is 6.57. The van der Waals surface area contributed by atoms with Gasteiger partial charge in [0, 0.05) is 6.20 Å². The molecule has 32 heavy (non-hydrogen) atoms. The molecule has 7 heteroatoms. The van der Waals surface area contributed by atoms with E-state index in [0.29, 0.717) is 5.69 Å². The van der Waals surface area contributed by atoms with E-state index in [4.69, 9.17) is 0 Å². The maximum Gasteiger partial charge on any atom is 0.241 e. The van der Waals surface area contributed by atoms with Gasteiger partial charge < -0.3 is 5.32 Å². The topological polar surface area (TPSA) is 88.2 Å². The molecule has 0 unspecified atom stereocenters. The molecule has 0 bridgehead atoms. The lowest BCUT2D eigenvalue weighted by Crippen LogP contribution is -2.47. The van der Waals surface area contributed by atoms with Crippen LogP contribution in [0.2, 0.25) is 0 Å². The Morgan fingerprint density at radius 2 is 1.56 bits per heavy atom. The van der Waals surface area contributed by atoms with E-state index in [1.54, 1.807) is 36.5 Å². The number of benzene rings is 3. The van der Waals surface area contributed by atoms with E-state index in [2.05, 4.69) is 15.0 Å². The van der Waals surface area contributed by atoms with Crippen molar-refractivity contribution < 1.29 is 13.2 Å². The number of nitrogens with one attached hydrogen (secondary N) is 2. The molecule has 4 aromatic rings. The minimum atomic E-state index is -3.93. The summed E-state index contributed by atoms with van der Waals surface area (Å²) in [4.78, 5) is 17.3. The van der Waals surface area contributed by atoms with Gasteiger partial charge in [-0.1, -0.05) is 66.7 Å². The highest BCUT2D eigenvalue weighted by atomic mass is 32.2. The van der Waals surface area contributed by atoms with Gasteiger partial charge in [-0.25, -0.2) is 8.42 Å². The van der Waals surface area contributed by atoms with Crippen LogP contribution >= 0.6 is 0 Å². The fourth-order valence-electron chi connectivity index (χ4n) is 3.43. The van der Waals surface area contributed by atoms with E-state index in [-0.39, 0.29) is 17.9 Å². The lowest BCUT2D eigenvalue weighted by molar-refractivity contribution is -0.122. The van der Waals surface area contributed by atoms with Gasteiger partial charge >= 0.3 is 0 Å². The van der Waals surface area contributed by atoms with E-state index in [9.17, 15) is 13.2 Å². The van der Waals surface area contributed by atoms with Gasteiger partial charge in [0.05, 0.1) is 17.1 Å². The van der Waals surface area contributed by atoms with Crippen LogP contribution in [0.3, 0.4) is 0 Å². The van der Waals surface area contributed by atoms with E-state index < -0.39 is 22.0 Å². The van der Waals surface area contributed by atoms with Crippen molar-refractivity contribution in [1.82, 2.24) is 15.0 Å². The van der Waals surface area contributed by atoms with Crippen LogP contribution in [-0.4, -0.2) is 25.4 Å². The first-order valence-corrected chi connectivity index (χ1v) is 11.7. The third-order valence-electron chi connectivity index (χ3n) is 5.10. The van der Waals surface area contributed by atoms with Crippen LogP contribution in [0.15, 0.2) is 102 Å². The lowest BCUT2D eigenvalue weighted by Gasteiger charge is -2.19. The Kier molecular flexibility index (Phi) is 6.58. The highest BCUT2D eigenvalue weighted by Crippen LogP contribution is 2.19. The Hall–Kier alpha value is -3.55. The second-order valence-electron chi connectivity index (χ2n) is 7.41. The van der Waals surface area contributed by atoms with E-state index in [1.807, 2.05) is 60.7 Å². The van der Waals surface area contributed by atoms with Crippen molar-refractivity contribution in [2.24, 2.45) is 0 Å². The normalized spacial score (nSPS) is 12.4. The molecule has 0 aliphatic carbocycles. The second-order valence-corrected chi connectivity index (χ2v) is 9.13. The highest BCUT2D eigenvalue weighted by molar-refractivity contribution is 7.89. The predicted molar refractivity (Wildman–Crippen MR) is 124 cm³/mol. The van der Waals surface area contributed by atoms with Gasteiger partial charge in [-0.05, 0) is 47.0 Å². The summed E-state index contributed by atoms with van der Waals surface area (Å²) in [5, 5.41) is 4.55. The number of fused-ring (bicyclic) bond motifs is 1. The van der Waals surface area contributed by atoms with Crippen molar-refractivity contribution in [2.45, 2.75) is 23.9 Å². The molecular formula is C25H23N3O3S. The maximum atomic E-state index is 13.2. The summed E-state index contributed by atoms with van der Waals surface area (Å²) < 4.78 is 28.9. The Morgan fingerprint density at radius 3 is 2.31 bits per heavy atom. The average Bonchev–Trinajstić information content (AvgIpc) is 2.83. The zero-order valence-electron chi connectivity index (χ0n) is 17.3. The molecule has 6 nitrogen and oxygen atoms in total. The molecule has 0 aliphatic heterocycles. The zero-order valence-corrected chi connectivity index (χ0v) is 18.1. The van der Waals surface area contributed by atoms with Crippen LogP contribution in [0, 0.1) is 0 Å². The first-order valence-electron chi connectivity index (χ1n) is 10.2. The van der Waals surface area contributed by atoms with Crippen LogP contribution in [0.5, 0.6) is 0 Å². The number of carbonyl (C=O) groups excluding carboxylic acids is 1. The number of sulfonamides is 1. The molecule has 1 atom stereocenters. The van der Waals surface area contributed by atoms with Gasteiger partial charge in [-0.3, -0.25) is 9.78 Å². The molecule has 0 saturated heterocycles. The Labute approximate surface area is 187 Å². The second kappa shape index (κ2) is 9.72. The zero-order chi connectivity index (χ0) is 22.4. The van der Waals surface area contributed by atoms with Crippen molar-refractivity contribution in [3.05, 3.63) is 108 Å². The van der Waals surface area contributed by atoms with Crippen LogP contribution in [0.25, 0.3) is 10.8 Å². The maximum absolute atomic E-state index is 13.2. The molecule has 0 saturated carbocycles. The number of carbonyl (C=O) groups is 1. The number of nitrogens with zero attached hydrogens (tertiary/aromatic N) is 1. The number of hydrogen-bond donors (Lipinski definition) is 2. The first kappa shape index (κ1) is 21.7. The van der Waals surface area contributed by atoms with Gasteiger partial charge in [-0.15, -0.1) is 0 Å². The monoisotopic (exact) mass is 445 g/mol. The fourth-order valence-corrected chi connectivity index (χ4v) is 4.66. The van der Waals surface area contributed by atoms with Crippen molar-refractivity contribution >= 4 is 26.7 Å². The molecule has 0 spiro atoms. The standard InChI is InChI=1S/C25H23N3O3S/c29-25(27-18-22-12-6-7-15-26-22)24(16-19-8-2-1-3-9-19)28-32(30,31)23-14-13-20-10-4-5-11-21(20)17-23/h1-15,17,24,28H,16,18H2,(H,27,29)/t24-/m1/s1. The lowest BCUT2D eigenvalue weighted by atomic mass is 10.1. The van der Waals surface area contributed by atoms with E-state index in [1.165, 1.54) is 0 Å². The van der Waals surface area contributed by atoms with Crippen LogP contribution < -0.4 is 10.0 Å². The summed E-state index contributed by atoms with van der Waals surface area (Å²) in [6, 6.07) is 26.2. The van der Waals surface area contributed by atoms with Gasteiger partial charge in [0.2, 0.25) is 15.9 Å². The summed E-state index contributed by atoms with van der Waals surface area (Å²) in [5.74, 6) is -0.413.